The molecule has 0 saturated heterocycles. The van der Waals surface area contributed by atoms with Gasteiger partial charge in [-0.1, -0.05) is 13.8 Å². The predicted molar refractivity (Wildman–Crippen MR) is 104 cm³/mol. The molecule has 0 aliphatic heterocycles. The smallest absolute Gasteiger partial charge is 0.326 e. The van der Waals surface area contributed by atoms with E-state index in [2.05, 4.69) is 16.0 Å². The average molecular weight is 416 g/mol. The second-order valence-electron chi connectivity index (χ2n) is 6.97. The zero-order valence-corrected chi connectivity index (χ0v) is 16.8. The van der Waals surface area contributed by atoms with E-state index < -0.39 is 54.3 Å². The average Bonchev–Trinajstić information content (AvgIpc) is 2.62. The molecule has 0 bridgehead atoms. The van der Waals surface area contributed by atoms with Crippen LogP contribution in [0.4, 0.5) is 0 Å². The third kappa shape index (κ3) is 11.0. The molecule has 0 aromatic carbocycles. The first kappa shape index (κ1) is 26.3. The highest BCUT2D eigenvalue weighted by Gasteiger charge is 2.26. The highest BCUT2D eigenvalue weighted by Crippen LogP contribution is 2.03. The molecule has 3 atom stereocenters. The number of amides is 4. The fourth-order valence-electron chi connectivity index (χ4n) is 2.38. The number of nitrogens with two attached hydrogens (primary N) is 3. The van der Waals surface area contributed by atoms with Gasteiger partial charge in [0.2, 0.25) is 23.6 Å². The van der Waals surface area contributed by atoms with Crippen molar-refractivity contribution < 1.29 is 29.1 Å². The highest BCUT2D eigenvalue weighted by atomic mass is 16.4. The molecule has 29 heavy (non-hydrogen) atoms. The molecule has 166 valence electrons. The minimum atomic E-state index is -1.21. The van der Waals surface area contributed by atoms with Crippen LogP contribution in [0.1, 0.15) is 39.5 Å². The summed E-state index contributed by atoms with van der Waals surface area (Å²) in [6.45, 7) is 3.20. The van der Waals surface area contributed by atoms with Crippen LogP contribution in [-0.4, -0.2) is 65.9 Å². The van der Waals surface area contributed by atoms with Crippen LogP contribution in [0.3, 0.4) is 0 Å². The molecule has 0 heterocycles. The summed E-state index contributed by atoms with van der Waals surface area (Å²) in [5, 5.41) is 16.2. The van der Waals surface area contributed by atoms with E-state index in [1.807, 2.05) is 0 Å². The molecule has 3 unspecified atom stereocenters. The molecule has 0 fully saturated rings. The van der Waals surface area contributed by atoms with Crippen molar-refractivity contribution in [2.24, 2.45) is 23.1 Å². The van der Waals surface area contributed by atoms with Crippen molar-refractivity contribution >= 4 is 29.6 Å². The normalized spacial score (nSPS) is 13.8. The Labute approximate surface area is 169 Å². The standard InChI is InChI=1S/C17H32N6O6/c1-9(2)14(17(28)29)23-13(25)8-21-16(27)11(5-3-4-6-18)22-15(26)10(19)7-12(20)24/h9-11,14H,3-8,18-19H2,1-2H3,(H2,20,24)(H,21,27)(H,22,26)(H,23,25)(H,28,29). The van der Waals surface area contributed by atoms with Gasteiger partial charge in [-0.15, -0.1) is 0 Å². The van der Waals surface area contributed by atoms with Crippen molar-refractivity contribution in [1.29, 1.82) is 0 Å². The van der Waals surface area contributed by atoms with Gasteiger partial charge < -0.3 is 38.3 Å². The Bertz CT molecular complexity index is 597. The van der Waals surface area contributed by atoms with E-state index in [1.165, 1.54) is 0 Å². The number of carbonyl (C=O) groups is 5. The number of carboxylic acids is 1. The molecular formula is C17H32N6O6. The third-order valence-electron chi connectivity index (χ3n) is 4.01. The number of aliphatic carboxylic acids is 1. The van der Waals surface area contributed by atoms with E-state index in [9.17, 15) is 24.0 Å². The Balaban J connectivity index is 4.86. The minimum Gasteiger partial charge on any atom is -0.480 e. The second-order valence-corrected chi connectivity index (χ2v) is 6.97. The molecule has 0 radical (unpaired) electrons. The van der Waals surface area contributed by atoms with Crippen LogP contribution in [0.2, 0.25) is 0 Å². The Morgan fingerprint density at radius 1 is 1.00 bits per heavy atom. The Kier molecular flexibility index (Phi) is 12.2. The summed E-state index contributed by atoms with van der Waals surface area (Å²) in [5.41, 5.74) is 16.0. The summed E-state index contributed by atoms with van der Waals surface area (Å²) >= 11 is 0. The van der Waals surface area contributed by atoms with Gasteiger partial charge in [0.25, 0.3) is 0 Å². The summed E-state index contributed by atoms with van der Waals surface area (Å²) in [6.07, 6.45) is 1.00. The van der Waals surface area contributed by atoms with Crippen LogP contribution in [0, 0.1) is 5.92 Å². The maximum absolute atomic E-state index is 12.4. The van der Waals surface area contributed by atoms with Crippen LogP contribution in [0.5, 0.6) is 0 Å². The largest absolute Gasteiger partial charge is 0.480 e. The fraction of sp³-hybridized carbons (Fsp3) is 0.706. The van der Waals surface area contributed by atoms with Crippen LogP contribution in [-0.2, 0) is 24.0 Å². The summed E-state index contributed by atoms with van der Waals surface area (Å²) in [4.78, 5) is 58.4. The molecule has 0 rings (SSSR count). The topological polar surface area (TPSA) is 220 Å². The first-order chi connectivity index (χ1) is 13.5. The van der Waals surface area contributed by atoms with Gasteiger partial charge in [-0.05, 0) is 31.7 Å². The molecule has 0 aromatic rings. The molecule has 0 aromatic heterocycles. The van der Waals surface area contributed by atoms with Gasteiger partial charge in [0.15, 0.2) is 0 Å². The van der Waals surface area contributed by atoms with Crippen molar-refractivity contribution in [3.05, 3.63) is 0 Å². The summed E-state index contributed by atoms with van der Waals surface area (Å²) in [5.74, 6) is -4.35. The number of rotatable bonds is 14. The molecule has 0 aliphatic rings. The van der Waals surface area contributed by atoms with Crippen LogP contribution in [0.25, 0.3) is 0 Å². The van der Waals surface area contributed by atoms with Crippen LogP contribution >= 0.6 is 0 Å². The van der Waals surface area contributed by atoms with Gasteiger partial charge >= 0.3 is 5.97 Å². The maximum atomic E-state index is 12.4. The minimum absolute atomic E-state index is 0.240. The zero-order chi connectivity index (χ0) is 22.6. The number of carboxylic acid groups (broad SMARTS) is 1. The Morgan fingerprint density at radius 2 is 1.62 bits per heavy atom. The van der Waals surface area contributed by atoms with Gasteiger partial charge in [-0.2, -0.15) is 0 Å². The van der Waals surface area contributed by atoms with Crippen molar-refractivity contribution in [2.45, 2.75) is 57.7 Å². The molecule has 0 aliphatic carbocycles. The van der Waals surface area contributed by atoms with Crippen molar-refractivity contribution in [3.8, 4) is 0 Å². The first-order valence-electron chi connectivity index (χ1n) is 9.33. The monoisotopic (exact) mass is 416 g/mol. The van der Waals surface area contributed by atoms with Gasteiger partial charge in [-0.3, -0.25) is 19.2 Å². The maximum Gasteiger partial charge on any atom is 0.326 e. The van der Waals surface area contributed by atoms with Gasteiger partial charge in [0.1, 0.15) is 12.1 Å². The lowest BCUT2D eigenvalue weighted by Crippen LogP contribution is -2.54. The van der Waals surface area contributed by atoms with Gasteiger partial charge in [0, 0.05) is 0 Å². The van der Waals surface area contributed by atoms with E-state index in [0.29, 0.717) is 19.4 Å². The predicted octanol–water partition coefficient (Wildman–Crippen LogP) is -2.86. The van der Waals surface area contributed by atoms with E-state index in [0.717, 1.165) is 0 Å². The summed E-state index contributed by atoms with van der Waals surface area (Å²) < 4.78 is 0. The molecular weight excluding hydrogens is 384 g/mol. The third-order valence-corrected chi connectivity index (χ3v) is 4.01. The summed E-state index contributed by atoms with van der Waals surface area (Å²) in [7, 11) is 0. The van der Waals surface area contributed by atoms with E-state index in [-0.39, 0.29) is 18.8 Å². The quantitative estimate of drug-likeness (QED) is 0.146. The fourth-order valence-corrected chi connectivity index (χ4v) is 2.38. The van der Waals surface area contributed by atoms with Gasteiger partial charge in [0.05, 0.1) is 19.0 Å². The highest BCUT2D eigenvalue weighted by molar-refractivity contribution is 5.93. The lowest BCUT2D eigenvalue weighted by molar-refractivity contribution is -0.143. The van der Waals surface area contributed by atoms with Crippen molar-refractivity contribution in [1.82, 2.24) is 16.0 Å². The molecule has 0 spiro atoms. The molecule has 12 heteroatoms. The Morgan fingerprint density at radius 3 is 2.10 bits per heavy atom. The number of carbonyl (C=O) groups excluding carboxylic acids is 4. The zero-order valence-electron chi connectivity index (χ0n) is 16.8. The van der Waals surface area contributed by atoms with Gasteiger partial charge in [-0.25, -0.2) is 4.79 Å². The summed E-state index contributed by atoms with van der Waals surface area (Å²) in [6, 6.07) is -3.30. The second kappa shape index (κ2) is 13.4. The molecule has 10 N–H and O–H groups in total. The lowest BCUT2D eigenvalue weighted by atomic mass is 10.0. The van der Waals surface area contributed by atoms with Crippen molar-refractivity contribution in [3.63, 3.8) is 0 Å². The number of hydrogen-bond acceptors (Lipinski definition) is 7. The van der Waals surface area contributed by atoms with E-state index >= 15 is 0 Å². The number of nitrogens with one attached hydrogen (secondary N) is 3. The Hall–Kier alpha value is -2.73. The number of hydrogen-bond donors (Lipinski definition) is 7. The molecule has 0 saturated carbocycles. The SMILES string of the molecule is CC(C)C(NC(=O)CNC(=O)C(CCCCN)NC(=O)C(N)CC(N)=O)C(=O)O. The number of unbranched alkanes of at least 4 members (excludes halogenated alkanes) is 1. The molecule has 12 nitrogen and oxygen atoms in total. The van der Waals surface area contributed by atoms with Crippen LogP contribution < -0.4 is 33.2 Å². The van der Waals surface area contributed by atoms with E-state index in [4.69, 9.17) is 22.3 Å². The first-order valence-corrected chi connectivity index (χ1v) is 9.33. The molecule has 4 amide bonds. The lowest BCUT2D eigenvalue weighted by Gasteiger charge is -2.21. The van der Waals surface area contributed by atoms with E-state index in [1.54, 1.807) is 13.8 Å². The van der Waals surface area contributed by atoms with Crippen LogP contribution in [0.15, 0.2) is 0 Å². The van der Waals surface area contributed by atoms with Crippen molar-refractivity contribution in [2.75, 3.05) is 13.1 Å². The number of primary amides is 1.